The monoisotopic (exact) mass is 284 g/mol. The average molecular weight is 285 g/mol. The Morgan fingerprint density at radius 2 is 1.78 bits per heavy atom. The van der Waals surface area contributed by atoms with Gasteiger partial charge in [0.2, 0.25) is 0 Å². The van der Waals surface area contributed by atoms with Crippen LogP contribution in [-0.2, 0) is 0 Å². The zero-order valence-corrected chi connectivity index (χ0v) is 10.5. The van der Waals surface area contributed by atoms with Crippen molar-refractivity contribution >= 4 is 29.2 Å². The van der Waals surface area contributed by atoms with Gasteiger partial charge in [0.05, 0.1) is 5.56 Å². The predicted octanol–water partition coefficient (Wildman–Crippen LogP) is 4.50. The molecule has 0 bridgehead atoms. The molecule has 0 spiro atoms. The molecule has 0 aliphatic carbocycles. The van der Waals surface area contributed by atoms with E-state index in [1.165, 1.54) is 30.3 Å². The largest absolute Gasteiger partial charge is 0.478 e. The number of carboxylic acid groups (broad SMARTS) is 1. The lowest BCUT2D eigenvalue weighted by Crippen LogP contribution is -1.97. The second kappa shape index (κ2) is 4.96. The van der Waals surface area contributed by atoms with Gasteiger partial charge in [-0.05, 0) is 42.0 Å². The van der Waals surface area contributed by atoms with Crippen molar-refractivity contribution in [2.75, 3.05) is 0 Å². The molecule has 2 aromatic rings. The minimum atomic E-state index is -1.12. The van der Waals surface area contributed by atoms with Crippen LogP contribution in [0.15, 0.2) is 36.4 Å². The molecular weight excluding hydrogens is 278 g/mol. The first-order chi connectivity index (χ1) is 8.47. The highest BCUT2D eigenvalue weighted by atomic mass is 35.5. The third-order valence-electron chi connectivity index (χ3n) is 2.39. The molecule has 0 fully saturated rings. The molecule has 2 aromatic carbocycles. The van der Waals surface area contributed by atoms with E-state index in [0.29, 0.717) is 5.56 Å². The number of rotatable bonds is 2. The van der Waals surface area contributed by atoms with Crippen molar-refractivity contribution in [2.24, 2.45) is 0 Å². The van der Waals surface area contributed by atoms with Crippen molar-refractivity contribution in [1.29, 1.82) is 0 Å². The lowest BCUT2D eigenvalue weighted by Gasteiger charge is -2.06. The first-order valence-corrected chi connectivity index (χ1v) is 5.72. The Kier molecular flexibility index (Phi) is 3.55. The van der Waals surface area contributed by atoms with Gasteiger partial charge in [-0.2, -0.15) is 0 Å². The van der Waals surface area contributed by atoms with E-state index in [0.717, 1.165) is 6.07 Å². The lowest BCUT2D eigenvalue weighted by molar-refractivity contribution is 0.0697. The Hall–Kier alpha value is -1.58. The molecular formula is C13H7Cl2FO2. The highest BCUT2D eigenvalue weighted by Crippen LogP contribution is 2.28. The number of carboxylic acids is 1. The summed E-state index contributed by atoms with van der Waals surface area (Å²) < 4.78 is 13.7. The lowest BCUT2D eigenvalue weighted by atomic mass is 10.0. The normalized spacial score (nSPS) is 10.4. The van der Waals surface area contributed by atoms with Gasteiger partial charge in [-0.15, -0.1) is 0 Å². The Morgan fingerprint density at radius 3 is 2.39 bits per heavy atom. The molecule has 0 saturated carbocycles. The van der Waals surface area contributed by atoms with Crippen molar-refractivity contribution in [3.05, 3.63) is 57.8 Å². The van der Waals surface area contributed by atoms with Gasteiger partial charge in [-0.25, -0.2) is 9.18 Å². The number of halogens is 3. The Labute approximate surface area is 113 Å². The quantitative estimate of drug-likeness (QED) is 0.882. The van der Waals surface area contributed by atoms with Crippen LogP contribution < -0.4 is 0 Å². The highest BCUT2D eigenvalue weighted by molar-refractivity contribution is 6.31. The van der Waals surface area contributed by atoms with Crippen molar-refractivity contribution in [1.82, 2.24) is 0 Å². The summed E-state index contributed by atoms with van der Waals surface area (Å²) in [6.45, 7) is 0. The molecule has 0 aromatic heterocycles. The smallest absolute Gasteiger partial charge is 0.335 e. The minimum Gasteiger partial charge on any atom is -0.478 e. The van der Waals surface area contributed by atoms with Gasteiger partial charge in [-0.1, -0.05) is 23.2 Å². The van der Waals surface area contributed by atoms with Crippen LogP contribution in [0.1, 0.15) is 10.4 Å². The summed E-state index contributed by atoms with van der Waals surface area (Å²) in [4.78, 5) is 10.9. The third-order valence-corrected chi connectivity index (χ3v) is 2.84. The summed E-state index contributed by atoms with van der Waals surface area (Å²) in [5.41, 5.74) is 0.658. The van der Waals surface area contributed by atoms with Gasteiger partial charge in [0.15, 0.2) is 0 Å². The van der Waals surface area contributed by atoms with E-state index in [4.69, 9.17) is 28.3 Å². The Morgan fingerprint density at radius 1 is 1.06 bits per heavy atom. The van der Waals surface area contributed by atoms with Gasteiger partial charge in [0.1, 0.15) is 5.82 Å². The van der Waals surface area contributed by atoms with Crippen LogP contribution in [0.2, 0.25) is 10.0 Å². The van der Waals surface area contributed by atoms with Crippen LogP contribution in [0.4, 0.5) is 4.39 Å². The zero-order chi connectivity index (χ0) is 13.3. The Bertz CT molecular complexity index is 626. The Balaban J connectivity index is 2.60. The molecule has 0 aliphatic heterocycles. The fourth-order valence-electron chi connectivity index (χ4n) is 1.59. The summed E-state index contributed by atoms with van der Waals surface area (Å²) >= 11 is 11.5. The molecule has 0 unspecified atom stereocenters. The third kappa shape index (κ3) is 2.63. The maximum absolute atomic E-state index is 13.7. The fraction of sp³-hybridized carbons (Fsp3) is 0. The van der Waals surface area contributed by atoms with Gasteiger partial charge in [0, 0.05) is 15.6 Å². The SMILES string of the molecule is O=C(O)c1cc(Cl)cc(-c2ccc(Cl)cc2F)c1. The molecule has 0 heterocycles. The molecule has 0 saturated heterocycles. The van der Waals surface area contributed by atoms with Crippen molar-refractivity contribution in [3.8, 4) is 11.1 Å². The van der Waals surface area contributed by atoms with Gasteiger partial charge in [0.25, 0.3) is 0 Å². The molecule has 2 nitrogen and oxygen atoms in total. The molecule has 18 heavy (non-hydrogen) atoms. The van der Waals surface area contributed by atoms with Crippen molar-refractivity contribution < 1.29 is 14.3 Å². The predicted molar refractivity (Wildman–Crippen MR) is 68.8 cm³/mol. The van der Waals surface area contributed by atoms with E-state index in [2.05, 4.69) is 0 Å². The van der Waals surface area contributed by atoms with Crippen LogP contribution >= 0.6 is 23.2 Å². The summed E-state index contributed by atoms with van der Waals surface area (Å²) in [7, 11) is 0. The molecule has 5 heteroatoms. The van der Waals surface area contributed by atoms with Crippen LogP contribution in [-0.4, -0.2) is 11.1 Å². The number of aromatic carboxylic acids is 1. The van der Waals surface area contributed by atoms with Gasteiger partial charge >= 0.3 is 5.97 Å². The van der Waals surface area contributed by atoms with E-state index in [1.54, 1.807) is 0 Å². The van der Waals surface area contributed by atoms with Crippen LogP contribution in [0.5, 0.6) is 0 Å². The summed E-state index contributed by atoms with van der Waals surface area (Å²) in [5, 5.41) is 9.43. The zero-order valence-electron chi connectivity index (χ0n) is 8.95. The molecule has 1 N–H and O–H groups in total. The molecule has 0 aliphatic rings. The average Bonchev–Trinajstić information content (AvgIpc) is 2.27. The molecule has 0 radical (unpaired) electrons. The maximum atomic E-state index is 13.7. The molecule has 0 atom stereocenters. The van der Waals surface area contributed by atoms with Crippen molar-refractivity contribution in [3.63, 3.8) is 0 Å². The highest BCUT2D eigenvalue weighted by Gasteiger charge is 2.11. The van der Waals surface area contributed by atoms with Crippen LogP contribution in [0, 0.1) is 5.82 Å². The summed E-state index contributed by atoms with van der Waals surface area (Å²) in [6.07, 6.45) is 0. The van der Waals surface area contributed by atoms with Crippen molar-refractivity contribution in [2.45, 2.75) is 0 Å². The summed E-state index contributed by atoms with van der Waals surface area (Å²) in [6, 6.07) is 8.34. The minimum absolute atomic E-state index is 0.00634. The first-order valence-electron chi connectivity index (χ1n) is 4.96. The fourth-order valence-corrected chi connectivity index (χ4v) is 1.99. The standard InChI is InChI=1S/C13H7Cl2FO2/c14-9-1-2-11(12(16)6-9)7-3-8(13(17)18)5-10(15)4-7/h1-6H,(H,17,18). The maximum Gasteiger partial charge on any atom is 0.335 e. The van der Waals surface area contributed by atoms with Gasteiger partial charge in [-0.3, -0.25) is 0 Å². The second-order valence-electron chi connectivity index (χ2n) is 3.66. The van der Waals surface area contributed by atoms with E-state index in [-0.39, 0.29) is 21.2 Å². The number of benzene rings is 2. The van der Waals surface area contributed by atoms with E-state index < -0.39 is 11.8 Å². The van der Waals surface area contributed by atoms with E-state index >= 15 is 0 Å². The van der Waals surface area contributed by atoms with E-state index in [1.807, 2.05) is 0 Å². The summed E-state index contributed by atoms with van der Waals surface area (Å²) in [5.74, 6) is -1.64. The second-order valence-corrected chi connectivity index (χ2v) is 4.53. The first kappa shape index (κ1) is 12.9. The molecule has 92 valence electrons. The van der Waals surface area contributed by atoms with Crippen LogP contribution in [0.3, 0.4) is 0 Å². The number of hydrogen-bond acceptors (Lipinski definition) is 1. The van der Waals surface area contributed by atoms with E-state index in [9.17, 15) is 9.18 Å². The number of hydrogen-bond donors (Lipinski definition) is 1. The van der Waals surface area contributed by atoms with Crippen LogP contribution in [0.25, 0.3) is 11.1 Å². The molecule has 2 rings (SSSR count). The number of carbonyl (C=O) groups is 1. The van der Waals surface area contributed by atoms with Gasteiger partial charge < -0.3 is 5.11 Å². The molecule has 0 amide bonds. The topological polar surface area (TPSA) is 37.3 Å².